The van der Waals surface area contributed by atoms with Gasteiger partial charge in [-0.25, -0.2) is 19.5 Å². The molecular formula is C23H25N7O. The molecule has 1 saturated heterocycles. The Morgan fingerprint density at radius 2 is 1.74 bits per heavy atom. The van der Waals surface area contributed by atoms with Gasteiger partial charge in [-0.1, -0.05) is 12.1 Å². The molecule has 158 valence electrons. The smallest absolute Gasteiger partial charge is 0.225 e. The first-order valence-electron chi connectivity index (χ1n) is 10.6. The van der Waals surface area contributed by atoms with Crippen molar-refractivity contribution in [3.05, 3.63) is 59.7 Å². The Kier molecular flexibility index (Phi) is 4.97. The molecule has 8 nitrogen and oxygen atoms in total. The van der Waals surface area contributed by atoms with E-state index in [1.165, 1.54) is 0 Å². The Labute approximate surface area is 180 Å². The summed E-state index contributed by atoms with van der Waals surface area (Å²) in [5, 5.41) is 5.76. The number of carbonyl (C=O) groups is 1. The topological polar surface area (TPSA) is 79.5 Å². The van der Waals surface area contributed by atoms with Gasteiger partial charge < -0.3 is 9.80 Å². The summed E-state index contributed by atoms with van der Waals surface area (Å²) >= 11 is 0. The highest BCUT2D eigenvalue weighted by molar-refractivity contribution is 5.92. The Morgan fingerprint density at radius 3 is 2.52 bits per heavy atom. The van der Waals surface area contributed by atoms with Crippen molar-refractivity contribution in [2.24, 2.45) is 0 Å². The zero-order chi connectivity index (χ0) is 21.4. The molecule has 1 aliphatic rings. The fourth-order valence-corrected chi connectivity index (χ4v) is 4.34. The summed E-state index contributed by atoms with van der Waals surface area (Å²) in [4.78, 5) is 30.4. The van der Waals surface area contributed by atoms with Crippen LogP contribution in [0.2, 0.25) is 0 Å². The number of aryl methyl sites for hydroxylation is 2. The van der Waals surface area contributed by atoms with Crippen LogP contribution in [0.1, 0.15) is 23.4 Å². The maximum atomic E-state index is 12.9. The number of rotatable bonds is 4. The number of anilines is 1. The third kappa shape index (κ3) is 3.58. The molecule has 4 aromatic rings. The molecule has 4 heterocycles. The first-order valence-corrected chi connectivity index (χ1v) is 10.6. The van der Waals surface area contributed by atoms with Crippen molar-refractivity contribution >= 4 is 28.4 Å². The Morgan fingerprint density at radius 1 is 1.00 bits per heavy atom. The van der Waals surface area contributed by atoms with Crippen molar-refractivity contribution in [1.29, 1.82) is 0 Å². The summed E-state index contributed by atoms with van der Waals surface area (Å²) in [6, 6.07) is 9.85. The maximum absolute atomic E-state index is 12.9. The summed E-state index contributed by atoms with van der Waals surface area (Å²) in [5.74, 6) is 0.907. The molecule has 1 aromatic carbocycles. The number of benzene rings is 1. The molecule has 3 aromatic heterocycles. The van der Waals surface area contributed by atoms with Gasteiger partial charge in [-0.15, -0.1) is 0 Å². The van der Waals surface area contributed by atoms with Crippen molar-refractivity contribution in [1.82, 2.24) is 29.5 Å². The van der Waals surface area contributed by atoms with Crippen LogP contribution in [0.4, 0.5) is 5.95 Å². The fraction of sp³-hybridized carbons (Fsp3) is 0.348. The van der Waals surface area contributed by atoms with Crippen LogP contribution in [0.15, 0.2) is 42.7 Å². The molecule has 0 saturated carbocycles. The van der Waals surface area contributed by atoms with E-state index < -0.39 is 0 Å². The van der Waals surface area contributed by atoms with E-state index in [-0.39, 0.29) is 5.91 Å². The van der Waals surface area contributed by atoms with E-state index in [1.807, 2.05) is 46.7 Å². The lowest BCUT2D eigenvalue weighted by Gasteiger charge is -2.34. The van der Waals surface area contributed by atoms with Gasteiger partial charge in [-0.05, 0) is 44.0 Å². The number of aromatic nitrogens is 5. The largest absolute Gasteiger partial charge is 0.339 e. The van der Waals surface area contributed by atoms with Gasteiger partial charge in [0.2, 0.25) is 11.9 Å². The van der Waals surface area contributed by atoms with Crippen molar-refractivity contribution < 1.29 is 4.79 Å². The monoisotopic (exact) mass is 415 g/mol. The summed E-state index contributed by atoms with van der Waals surface area (Å²) < 4.78 is 1.91. The lowest BCUT2D eigenvalue weighted by atomic mass is 10.1. The zero-order valence-corrected chi connectivity index (χ0v) is 17.8. The number of nitrogens with zero attached hydrogens (tertiary/aromatic N) is 7. The van der Waals surface area contributed by atoms with E-state index in [9.17, 15) is 4.79 Å². The number of fused-ring (bicyclic) bond motifs is 3. The van der Waals surface area contributed by atoms with Gasteiger partial charge in [-0.3, -0.25) is 4.79 Å². The van der Waals surface area contributed by atoms with Gasteiger partial charge >= 0.3 is 0 Å². The summed E-state index contributed by atoms with van der Waals surface area (Å²) in [6.45, 7) is 6.97. The predicted molar refractivity (Wildman–Crippen MR) is 119 cm³/mol. The van der Waals surface area contributed by atoms with Crippen molar-refractivity contribution in [3.8, 4) is 0 Å². The Hall–Kier alpha value is -3.55. The summed E-state index contributed by atoms with van der Waals surface area (Å²) in [5.41, 5.74) is 4.93. The van der Waals surface area contributed by atoms with Crippen LogP contribution in [-0.4, -0.2) is 61.6 Å². The predicted octanol–water partition coefficient (Wildman–Crippen LogP) is 2.57. The van der Waals surface area contributed by atoms with Crippen molar-refractivity contribution in [2.75, 3.05) is 31.1 Å². The average molecular weight is 416 g/mol. The van der Waals surface area contributed by atoms with Crippen LogP contribution >= 0.6 is 0 Å². The molecule has 1 amide bonds. The highest BCUT2D eigenvalue weighted by Crippen LogP contribution is 2.23. The van der Waals surface area contributed by atoms with E-state index in [4.69, 9.17) is 10.1 Å². The number of piperazine rings is 1. The Bertz CT molecular complexity index is 1240. The highest BCUT2D eigenvalue weighted by Gasteiger charge is 2.23. The third-order valence-electron chi connectivity index (χ3n) is 6.07. The van der Waals surface area contributed by atoms with E-state index in [2.05, 4.69) is 21.8 Å². The van der Waals surface area contributed by atoms with Gasteiger partial charge in [0.25, 0.3) is 0 Å². The standard InChI is InChI=1S/C23H25N7O/c1-16-18(17(2)30-22(26-16)19-6-3-4-7-20(19)27-30)8-9-21(31)28-12-14-29(15-13-28)23-24-10-5-11-25-23/h3-7,10-11H,8-9,12-15H2,1-2H3. The lowest BCUT2D eigenvalue weighted by molar-refractivity contribution is -0.131. The van der Waals surface area contributed by atoms with Gasteiger partial charge in [-0.2, -0.15) is 5.10 Å². The average Bonchev–Trinajstić information content (AvgIpc) is 3.18. The van der Waals surface area contributed by atoms with Crippen LogP contribution in [0.25, 0.3) is 16.6 Å². The normalized spacial score (nSPS) is 14.5. The first kappa shape index (κ1) is 19.4. The minimum Gasteiger partial charge on any atom is -0.339 e. The second-order valence-corrected chi connectivity index (χ2v) is 7.93. The van der Waals surface area contributed by atoms with E-state index in [0.29, 0.717) is 25.9 Å². The molecule has 31 heavy (non-hydrogen) atoms. The van der Waals surface area contributed by atoms with Gasteiger partial charge in [0.05, 0.1) is 5.52 Å². The molecule has 8 heteroatoms. The number of hydrogen-bond acceptors (Lipinski definition) is 6. The molecule has 5 rings (SSSR count). The lowest BCUT2D eigenvalue weighted by Crippen LogP contribution is -2.49. The number of amides is 1. The molecular weight excluding hydrogens is 390 g/mol. The van der Waals surface area contributed by atoms with Crippen LogP contribution in [0.3, 0.4) is 0 Å². The molecule has 0 N–H and O–H groups in total. The van der Waals surface area contributed by atoms with Crippen molar-refractivity contribution in [2.45, 2.75) is 26.7 Å². The minimum atomic E-state index is 0.179. The molecule has 0 bridgehead atoms. The maximum Gasteiger partial charge on any atom is 0.225 e. The van der Waals surface area contributed by atoms with Crippen molar-refractivity contribution in [3.63, 3.8) is 0 Å². The zero-order valence-electron chi connectivity index (χ0n) is 17.8. The Balaban J connectivity index is 1.28. The molecule has 1 aliphatic heterocycles. The number of carbonyl (C=O) groups excluding carboxylic acids is 1. The van der Waals surface area contributed by atoms with Crippen LogP contribution in [0.5, 0.6) is 0 Å². The molecule has 0 radical (unpaired) electrons. The van der Waals surface area contributed by atoms with Crippen LogP contribution in [0, 0.1) is 13.8 Å². The van der Waals surface area contributed by atoms with E-state index >= 15 is 0 Å². The van der Waals surface area contributed by atoms with Gasteiger partial charge in [0.1, 0.15) is 0 Å². The minimum absolute atomic E-state index is 0.179. The van der Waals surface area contributed by atoms with Crippen LogP contribution < -0.4 is 4.90 Å². The van der Waals surface area contributed by atoms with Gasteiger partial charge in [0.15, 0.2) is 5.65 Å². The third-order valence-corrected chi connectivity index (χ3v) is 6.07. The second-order valence-electron chi connectivity index (χ2n) is 7.93. The molecule has 0 atom stereocenters. The van der Waals surface area contributed by atoms with E-state index in [1.54, 1.807) is 12.4 Å². The molecule has 1 fully saturated rings. The van der Waals surface area contributed by atoms with Crippen LogP contribution in [-0.2, 0) is 11.2 Å². The second kappa shape index (κ2) is 7.94. The SMILES string of the molecule is Cc1nc2c3ccccc3nn2c(C)c1CCC(=O)N1CCN(c2ncccn2)CC1. The molecule has 0 unspecified atom stereocenters. The molecule has 0 aliphatic carbocycles. The quantitative estimate of drug-likeness (QED) is 0.510. The first-order chi connectivity index (χ1) is 15.1. The number of hydrogen-bond donors (Lipinski definition) is 0. The molecule has 0 spiro atoms. The van der Waals surface area contributed by atoms with E-state index in [0.717, 1.165) is 52.5 Å². The van der Waals surface area contributed by atoms with Gasteiger partial charge in [0, 0.05) is 61.8 Å². The summed E-state index contributed by atoms with van der Waals surface area (Å²) in [7, 11) is 0. The fourth-order valence-electron chi connectivity index (χ4n) is 4.34. The highest BCUT2D eigenvalue weighted by atomic mass is 16.2. The summed E-state index contributed by atoms with van der Waals surface area (Å²) in [6.07, 6.45) is 4.63.